The molecule has 0 radical (unpaired) electrons. The molecule has 0 aliphatic heterocycles. The summed E-state index contributed by atoms with van der Waals surface area (Å²) in [5.74, 6) is 0.961. The Bertz CT molecular complexity index is 541. The van der Waals surface area contributed by atoms with Crippen molar-refractivity contribution in [2.45, 2.75) is 26.4 Å². The van der Waals surface area contributed by atoms with Crippen LogP contribution in [-0.4, -0.2) is 17.7 Å². The number of benzene rings is 1. The maximum atomic E-state index is 5.81. The summed E-state index contributed by atoms with van der Waals surface area (Å²) in [7, 11) is 0. The predicted molar refractivity (Wildman–Crippen MR) is 80.1 cm³/mol. The zero-order valence-electron chi connectivity index (χ0n) is 11.9. The van der Waals surface area contributed by atoms with Crippen molar-refractivity contribution >= 4 is 5.69 Å². The minimum atomic E-state index is 0.0318. The van der Waals surface area contributed by atoms with Crippen LogP contribution >= 0.6 is 0 Å². The van der Waals surface area contributed by atoms with E-state index in [1.54, 1.807) is 12.1 Å². The van der Waals surface area contributed by atoms with Crippen molar-refractivity contribution in [3.8, 4) is 11.8 Å². The fourth-order valence-electron chi connectivity index (χ4n) is 1.75. The molecular weight excluding hydrogens is 252 g/mol. The molecule has 0 atom stereocenters. The van der Waals surface area contributed by atoms with E-state index in [0.29, 0.717) is 24.1 Å². The molecular formula is C16H20N2O2. The number of anilines is 1. The summed E-state index contributed by atoms with van der Waals surface area (Å²) in [6.45, 7) is 4.44. The van der Waals surface area contributed by atoms with Crippen LogP contribution < -0.4 is 15.2 Å². The van der Waals surface area contributed by atoms with E-state index in [-0.39, 0.29) is 6.10 Å². The van der Waals surface area contributed by atoms with E-state index in [1.807, 2.05) is 32.0 Å². The van der Waals surface area contributed by atoms with E-state index in [2.05, 4.69) is 17.1 Å². The van der Waals surface area contributed by atoms with Gasteiger partial charge >= 0.3 is 0 Å². The Kier molecular flexibility index (Phi) is 4.82. The van der Waals surface area contributed by atoms with Gasteiger partial charge in [0.15, 0.2) is 0 Å². The van der Waals surface area contributed by atoms with Gasteiger partial charge in [-0.25, -0.2) is 0 Å². The Balaban J connectivity index is 1.93. The van der Waals surface area contributed by atoms with Crippen molar-refractivity contribution in [1.82, 2.24) is 4.98 Å². The van der Waals surface area contributed by atoms with Crippen LogP contribution in [0.25, 0.3) is 0 Å². The van der Waals surface area contributed by atoms with E-state index in [1.165, 1.54) is 5.56 Å². The molecule has 0 amide bonds. The van der Waals surface area contributed by atoms with Crippen LogP contribution in [0.4, 0.5) is 5.69 Å². The number of nitrogens with zero attached hydrogens (tertiary/aromatic N) is 1. The molecule has 2 N–H and O–H groups in total. The maximum absolute atomic E-state index is 5.81. The summed E-state index contributed by atoms with van der Waals surface area (Å²) < 4.78 is 11.2. The van der Waals surface area contributed by atoms with Crippen LogP contribution in [0.5, 0.6) is 11.8 Å². The predicted octanol–water partition coefficient (Wildman–Crippen LogP) is 3.07. The first-order valence-electron chi connectivity index (χ1n) is 6.75. The number of rotatable bonds is 6. The Hall–Kier alpha value is -2.23. The van der Waals surface area contributed by atoms with Crippen LogP contribution in [-0.2, 0) is 6.42 Å². The van der Waals surface area contributed by atoms with Gasteiger partial charge in [0.05, 0.1) is 18.4 Å². The van der Waals surface area contributed by atoms with E-state index >= 15 is 0 Å². The third kappa shape index (κ3) is 4.16. The molecule has 2 rings (SSSR count). The molecule has 0 aliphatic carbocycles. The van der Waals surface area contributed by atoms with Crippen molar-refractivity contribution in [3.05, 3.63) is 48.0 Å². The molecule has 4 nitrogen and oxygen atoms in total. The van der Waals surface area contributed by atoms with Crippen molar-refractivity contribution < 1.29 is 9.47 Å². The molecule has 0 spiro atoms. The van der Waals surface area contributed by atoms with Gasteiger partial charge in [-0.3, -0.25) is 0 Å². The highest BCUT2D eigenvalue weighted by atomic mass is 16.5. The first kappa shape index (κ1) is 14.2. The molecule has 2 aromatic rings. The molecule has 0 bridgehead atoms. The fourth-order valence-corrected chi connectivity index (χ4v) is 1.75. The van der Waals surface area contributed by atoms with Gasteiger partial charge in [0.25, 0.3) is 0 Å². The second kappa shape index (κ2) is 6.80. The average Bonchev–Trinajstić information content (AvgIpc) is 2.43. The number of nitrogens with two attached hydrogens (primary N) is 1. The first-order chi connectivity index (χ1) is 9.65. The molecule has 0 fully saturated rings. The minimum Gasteiger partial charge on any atom is -0.477 e. The first-order valence-corrected chi connectivity index (χ1v) is 6.75. The zero-order valence-corrected chi connectivity index (χ0v) is 11.9. The highest BCUT2D eigenvalue weighted by molar-refractivity contribution is 5.49. The van der Waals surface area contributed by atoms with Gasteiger partial charge in [0, 0.05) is 12.5 Å². The van der Waals surface area contributed by atoms with Gasteiger partial charge in [-0.15, -0.1) is 0 Å². The Morgan fingerprint density at radius 1 is 1.10 bits per heavy atom. The molecule has 20 heavy (non-hydrogen) atoms. The third-order valence-electron chi connectivity index (χ3n) is 2.69. The lowest BCUT2D eigenvalue weighted by Crippen LogP contribution is -2.10. The maximum Gasteiger partial charge on any atom is 0.240 e. The van der Waals surface area contributed by atoms with Crippen molar-refractivity contribution in [2.24, 2.45) is 0 Å². The number of nitrogen functional groups attached to an aromatic ring is 1. The number of ether oxygens (including phenoxy) is 2. The summed E-state index contributed by atoms with van der Waals surface area (Å²) in [5, 5.41) is 0. The van der Waals surface area contributed by atoms with E-state index in [4.69, 9.17) is 15.2 Å². The molecule has 4 heteroatoms. The molecule has 0 saturated carbocycles. The quantitative estimate of drug-likeness (QED) is 0.878. The average molecular weight is 272 g/mol. The number of hydrogen-bond donors (Lipinski definition) is 1. The normalized spacial score (nSPS) is 10.6. The van der Waals surface area contributed by atoms with Crippen LogP contribution in [0.15, 0.2) is 42.5 Å². The Morgan fingerprint density at radius 3 is 2.55 bits per heavy atom. The SMILES string of the molecule is CC(C)Oc1nc(OCCc2ccccc2)ccc1N. The topological polar surface area (TPSA) is 57.4 Å². The van der Waals surface area contributed by atoms with E-state index < -0.39 is 0 Å². The van der Waals surface area contributed by atoms with Crippen LogP contribution in [0, 0.1) is 0 Å². The molecule has 1 aromatic heterocycles. The van der Waals surface area contributed by atoms with Crippen molar-refractivity contribution in [3.63, 3.8) is 0 Å². The van der Waals surface area contributed by atoms with Gasteiger partial charge in [-0.2, -0.15) is 4.98 Å². The van der Waals surface area contributed by atoms with Crippen molar-refractivity contribution in [2.75, 3.05) is 12.3 Å². The number of hydrogen-bond acceptors (Lipinski definition) is 4. The number of aromatic nitrogens is 1. The summed E-state index contributed by atoms with van der Waals surface area (Å²) in [6, 6.07) is 13.7. The summed E-state index contributed by atoms with van der Waals surface area (Å²) >= 11 is 0. The van der Waals surface area contributed by atoms with Gasteiger partial charge < -0.3 is 15.2 Å². The minimum absolute atomic E-state index is 0.0318. The van der Waals surface area contributed by atoms with Gasteiger partial charge in [-0.05, 0) is 25.5 Å². The lowest BCUT2D eigenvalue weighted by molar-refractivity contribution is 0.228. The summed E-state index contributed by atoms with van der Waals surface area (Å²) in [4.78, 5) is 4.27. The van der Waals surface area contributed by atoms with Gasteiger partial charge in [0.1, 0.15) is 0 Å². The highest BCUT2D eigenvalue weighted by Crippen LogP contribution is 2.23. The second-order valence-electron chi connectivity index (χ2n) is 4.79. The molecule has 1 aromatic carbocycles. The van der Waals surface area contributed by atoms with Crippen molar-refractivity contribution in [1.29, 1.82) is 0 Å². The Labute approximate surface area is 119 Å². The largest absolute Gasteiger partial charge is 0.477 e. The third-order valence-corrected chi connectivity index (χ3v) is 2.69. The molecule has 0 aliphatic rings. The molecule has 106 valence electrons. The smallest absolute Gasteiger partial charge is 0.240 e. The van der Waals surface area contributed by atoms with E-state index in [9.17, 15) is 0 Å². The van der Waals surface area contributed by atoms with Crippen LogP contribution in [0.1, 0.15) is 19.4 Å². The number of pyridine rings is 1. The lowest BCUT2D eigenvalue weighted by atomic mass is 10.2. The Morgan fingerprint density at radius 2 is 1.85 bits per heavy atom. The standard InChI is InChI=1S/C16H20N2O2/c1-12(2)20-16-14(17)8-9-15(18-16)19-11-10-13-6-4-3-5-7-13/h3-9,12H,10-11,17H2,1-2H3. The second-order valence-corrected chi connectivity index (χ2v) is 4.79. The van der Waals surface area contributed by atoms with Gasteiger partial charge in [-0.1, -0.05) is 30.3 Å². The highest BCUT2D eigenvalue weighted by Gasteiger charge is 2.07. The van der Waals surface area contributed by atoms with Gasteiger partial charge in [0.2, 0.25) is 11.8 Å². The summed E-state index contributed by atoms with van der Waals surface area (Å²) in [5.41, 5.74) is 7.57. The van der Waals surface area contributed by atoms with Crippen LogP contribution in [0.2, 0.25) is 0 Å². The monoisotopic (exact) mass is 272 g/mol. The summed E-state index contributed by atoms with van der Waals surface area (Å²) in [6.07, 6.45) is 0.872. The molecule has 1 heterocycles. The lowest BCUT2D eigenvalue weighted by Gasteiger charge is -2.12. The molecule has 0 saturated heterocycles. The van der Waals surface area contributed by atoms with E-state index in [0.717, 1.165) is 6.42 Å². The zero-order chi connectivity index (χ0) is 14.4. The molecule has 0 unspecified atom stereocenters. The van der Waals surface area contributed by atoms with Crippen LogP contribution in [0.3, 0.4) is 0 Å². The fraction of sp³-hybridized carbons (Fsp3) is 0.312.